The van der Waals surface area contributed by atoms with Crippen LogP contribution in [0.1, 0.15) is 21.1 Å². The van der Waals surface area contributed by atoms with Gasteiger partial charge in [-0.05, 0) is 36.4 Å². The Bertz CT molecular complexity index is 1060. The van der Waals surface area contributed by atoms with Crippen molar-refractivity contribution in [3.05, 3.63) is 57.1 Å². The number of halogens is 1. The van der Waals surface area contributed by atoms with Crippen LogP contribution < -0.4 is 5.32 Å². The Morgan fingerprint density at radius 2 is 1.89 bits per heavy atom. The van der Waals surface area contributed by atoms with Gasteiger partial charge < -0.3 is 4.42 Å². The summed E-state index contributed by atoms with van der Waals surface area (Å²) < 4.78 is 31.3. The van der Waals surface area contributed by atoms with E-state index in [-0.39, 0.29) is 16.5 Å². The van der Waals surface area contributed by atoms with Crippen molar-refractivity contribution in [3.8, 4) is 0 Å². The first-order valence-electron chi connectivity index (χ1n) is 7.66. The molecule has 11 heteroatoms. The molecule has 0 bridgehead atoms. The molecule has 0 aliphatic carbocycles. The maximum atomic E-state index is 12.3. The molecule has 0 radical (unpaired) electrons. The Hall–Kier alpha value is -2.27. The first-order valence-corrected chi connectivity index (χ1v) is 10.3. The number of rotatable bonds is 6. The number of carbonyl (C=O) groups excluding carboxylic acids is 1. The lowest BCUT2D eigenvalue weighted by molar-refractivity contribution is 0.102. The number of anilines is 1. The first-order chi connectivity index (χ1) is 12.8. The highest BCUT2D eigenvalue weighted by molar-refractivity contribution is 7.89. The number of nitrogens with zero attached hydrogens (tertiary/aromatic N) is 3. The van der Waals surface area contributed by atoms with Crippen LogP contribution in [-0.4, -0.2) is 42.9 Å². The SMILES string of the molecule is CN(C)S(=O)(=O)c1ccc(C(=O)Nc2nnc(Cc3ccc(Cl)s3)o2)cc1. The first kappa shape index (κ1) is 19.5. The lowest BCUT2D eigenvalue weighted by Gasteiger charge is -2.11. The van der Waals surface area contributed by atoms with Gasteiger partial charge in [0.15, 0.2) is 0 Å². The molecule has 0 aliphatic heterocycles. The van der Waals surface area contributed by atoms with Crippen molar-refractivity contribution in [2.75, 3.05) is 19.4 Å². The maximum absolute atomic E-state index is 12.3. The van der Waals surface area contributed by atoms with Crippen molar-refractivity contribution in [1.82, 2.24) is 14.5 Å². The third-order valence-electron chi connectivity index (χ3n) is 3.54. The lowest BCUT2D eigenvalue weighted by Crippen LogP contribution is -2.22. The summed E-state index contributed by atoms with van der Waals surface area (Å²) in [5.74, 6) is -0.144. The van der Waals surface area contributed by atoms with Crippen LogP contribution in [0.5, 0.6) is 0 Å². The third-order valence-corrected chi connectivity index (χ3v) is 6.60. The number of hydrogen-bond acceptors (Lipinski definition) is 7. The highest BCUT2D eigenvalue weighted by atomic mass is 35.5. The Balaban J connectivity index is 1.67. The van der Waals surface area contributed by atoms with E-state index >= 15 is 0 Å². The van der Waals surface area contributed by atoms with Crippen LogP contribution in [0.25, 0.3) is 0 Å². The summed E-state index contributed by atoms with van der Waals surface area (Å²) in [4.78, 5) is 13.3. The number of benzene rings is 1. The second-order valence-electron chi connectivity index (χ2n) is 5.65. The minimum absolute atomic E-state index is 0.0392. The summed E-state index contributed by atoms with van der Waals surface area (Å²) in [5, 5.41) is 10.2. The monoisotopic (exact) mass is 426 g/mol. The van der Waals surface area contributed by atoms with Crippen LogP contribution in [0.2, 0.25) is 4.34 Å². The molecule has 0 fully saturated rings. The van der Waals surface area contributed by atoms with Gasteiger partial charge in [0.05, 0.1) is 15.7 Å². The predicted molar refractivity (Wildman–Crippen MR) is 102 cm³/mol. The number of aromatic nitrogens is 2. The summed E-state index contributed by atoms with van der Waals surface area (Å²) in [6, 6.07) is 9.16. The summed E-state index contributed by atoms with van der Waals surface area (Å²) in [7, 11) is -0.675. The van der Waals surface area contributed by atoms with Gasteiger partial charge >= 0.3 is 6.01 Å². The van der Waals surface area contributed by atoms with E-state index in [1.165, 1.54) is 49.7 Å². The standard InChI is InChI=1S/C16H15ClN4O4S2/c1-21(2)27(23,24)12-6-3-10(4-7-12)15(22)18-16-20-19-14(25-16)9-11-5-8-13(17)26-11/h3-8H,9H2,1-2H3,(H,18,20,22). The highest BCUT2D eigenvalue weighted by Gasteiger charge is 2.18. The van der Waals surface area contributed by atoms with Crippen molar-refractivity contribution in [2.45, 2.75) is 11.3 Å². The minimum Gasteiger partial charge on any atom is -0.407 e. The zero-order valence-electron chi connectivity index (χ0n) is 14.3. The van der Waals surface area contributed by atoms with Crippen LogP contribution in [-0.2, 0) is 16.4 Å². The largest absolute Gasteiger partial charge is 0.407 e. The summed E-state index contributed by atoms with van der Waals surface area (Å²) in [6.45, 7) is 0. The van der Waals surface area contributed by atoms with E-state index in [0.717, 1.165) is 9.18 Å². The van der Waals surface area contributed by atoms with Crippen LogP contribution in [0, 0.1) is 0 Å². The van der Waals surface area contributed by atoms with Crippen molar-refractivity contribution in [3.63, 3.8) is 0 Å². The van der Waals surface area contributed by atoms with E-state index in [2.05, 4.69) is 15.5 Å². The van der Waals surface area contributed by atoms with E-state index < -0.39 is 15.9 Å². The van der Waals surface area contributed by atoms with E-state index in [1.807, 2.05) is 6.07 Å². The predicted octanol–water partition coefficient (Wildman–Crippen LogP) is 2.88. The van der Waals surface area contributed by atoms with Crippen molar-refractivity contribution < 1.29 is 17.6 Å². The van der Waals surface area contributed by atoms with Gasteiger partial charge in [-0.15, -0.1) is 16.4 Å². The molecule has 0 saturated carbocycles. The molecule has 27 heavy (non-hydrogen) atoms. The van der Waals surface area contributed by atoms with Crippen LogP contribution in [0.15, 0.2) is 45.7 Å². The number of sulfonamides is 1. The average Bonchev–Trinajstić information content (AvgIpc) is 3.24. The second kappa shape index (κ2) is 7.77. The molecule has 3 rings (SSSR count). The molecule has 1 aromatic carbocycles. The zero-order valence-corrected chi connectivity index (χ0v) is 16.7. The van der Waals surface area contributed by atoms with Gasteiger partial charge in [-0.3, -0.25) is 10.1 Å². The third kappa shape index (κ3) is 4.53. The normalized spacial score (nSPS) is 11.7. The Morgan fingerprint density at radius 3 is 2.48 bits per heavy atom. The van der Waals surface area contributed by atoms with Gasteiger partial charge in [0.2, 0.25) is 15.9 Å². The zero-order chi connectivity index (χ0) is 19.6. The highest BCUT2D eigenvalue weighted by Crippen LogP contribution is 2.24. The summed E-state index contributed by atoms with van der Waals surface area (Å²) in [6.07, 6.45) is 0.414. The number of hydrogen-bond donors (Lipinski definition) is 1. The topological polar surface area (TPSA) is 105 Å². The van der Waals surface area contributed by atoms with Gasteiger partial charge in [0, 0.05) is 24.5 Å². The fourth-order valence-electron chi connectivity index (χ4n) is 2.13. The fourth-order valence-corrected chi connectivity index (χ4v) is 4.11. The van der Waals surface area contributed by atoms with Crippen LogP contribution in [0.4, 0.5) is 6.01 Å². The van der Waals surface area contributed by atoms with Crippen LogP contribution >= 0.6 is 22.9 Å². The number of carbonyl (C=O) groups is 1. The number of amides is 1. The molecule has 0 atom stereocenters. The quantitative estimate of drug-likeness (QED) is 0.649. The fraction of sp³-hybridized carbons (Fsp3) is 0.188. The average molecular weight is 427 g/mol. The maximum Gasteiger partial charge on any atom is 0.322 e. The smallest absolute Gasteiger partial charge is 0.322 e. The Labute approximate surface area is 164 Å². The van der Waals surface area contributed by atoms with Crippen molar-refractivity contribution >= 4 is 44.9 Å². The van der Waals surface area contributed by atoms with Gasteiger partial charge in [0.25, 0.3) is 5.91 Å². The molecule has 0 unspecified atom stereocenters. The van der Waals surface area contributed by atoms with E-state index in [0.29, 0.717) is 16.6 Å². The molecule has 3 aromatic rings. The second-order valence-corrected chi connectivity index (χ2v) is 9.60. The van der Waals surface area contributed by atoms with E-state index in [1.54, 1.807) is 6.07 Å². The van der Waals surface area contributed by atoms with Crippen LogP contribution in [0.3, 0.4) is 0 Å². The molecule has 8 nitrogen and oxygen atoms in total. The molecule has 1 N–H and O–H groups in total. The minimum atomic E-state index is -3.55. The molecular formula is C16H15ClN4O4S2. The molecule has 0 aliphatic rings. The van der Waals surface area contributed by atoms with Crippen molar-refractivity contribution in [1.29, 1.82) is 0 Å². The number of thiophene rings is 1. The van der Waals surface area contributed by atoms with E-state index in [9.17, 15) is 13.2 Å². The molecule has 2 aromatic heterocycles. The molecule has 1 amide bonds. The summed E-state index contributed by atoms with van der Waals surface area (Å²) >= 11 is 7.29. The lowest BCUT2D eigenvalue weighted by atomic mass is 10.2. The van der Waals surface area contributed by atoms with Gasteiger partial charge in [0.1, 0.15) is 0 Å². The van der Waals surface area contributed by atoms with E-state index in [4.69, 9.17) is 16.0 Å². The Kier molecular flexibility index (Phi) is 5.61. The van der Waals surface area contributed by atoms with Crippen molar-refractivity contribution in [2.24, 2.45) is 0 Å². The van der Waals surface area contributed by atoms with Gasteiger partial charge in [-0.1, -0.05) is 16.7 Å². The molecule has 0 saturated heterocycles. The van der Waals surface area contributed by atoms with Gasteiger partial charge in [-0.2, -0.15) is 0 Å². The summed E-state index contributed by atoms with van der Waals surface area (Å²) in [5.41, 5.74) is 0.262. The number of nitrogens with one attached hydrogen (secondary N) is 1. The van der Waals surface area contributed by atoms with Gasteiger partial charge in [-0.25, -0.2) is 12.7 Å². The Morgan fingerprint density at radius 1 is 1.19 bits per heavy atom. The molecule has 0 spiro atoms. The molecule has 2 heterocycles. The molecule has 142 valence electrons. The molecular weight excluding hydrogens is 412 g/mol.